The fraction of sp³-hybridized carbons (Fsp3) is 0.222. The number of piperidine rings is 1. The molecule has 1 saturated heterocycles. The lowest BCUT2D eigenvalue weighted by molar-refractivity contribution is -0.126. The minimum atomic E-state index is -0.203. The Labute approximate surface area is 214 Å². The molecular weight excluding hydrogens is 485 g/mol. The largest absolute Gasteiger partial charge is 0.489 e. The van der Waals surface area contributed by atoms with Crippen LogP contribution in [0.4, 0.5) is 0 Å². The third-order valence-electron chi connectivity index (χ3n) is 5.83. The van der Waals surface area contributed by atoms with E-state index in [2.05, 4.69) is 10.5 Å². The summed E-state index contributed by atoms with van der Waals surface area (Å²) in [6.45, 7) is 1.45. The first kappa shape index (κ1) is 24.8. The van der Waals surface area contributed by atoms with Crippen molar-refractivity contribution < 1.29 is 14.3 Å². The Bertz CT molecular complexity index is 1190. The van der Waals surface area contributed by atoms with E-state index in [0.29, 0.717) is 48.1 Å². The number of hydrogen-bond donors (Lipinski definition) is 1. The Morgan fingerprint density at radius 3 is 2.40 bits per heavy atom. The number of hydrazone groups is 1. The van der Waals surface area contributed by atoms with Gasteiger partial charge < -0.3 is 9.64 Å². The molecule has 6 nitrogen and oxygen atoms in total. The molecule has 2 amide bonds. The Morgan fingerprint density at radius 1 is 1.00 bits per heavy atom. The number of nitrogens with one attached hydrogen (secondary N) is 1. The molecule has 35 heavy (non-hydrogen) atoms. The van der Waals surface area contributed by atoms with Crippen molar-refractivity contribution in [2.75, 3.05) is 13.1 Å². The average molecular weight is 510 g/mol. The molecule has 4 rings (SSSR count). The van der Waals surface area contributed by atoms with E-state index in [-0.39, 0.29) is 17.7 Å². The summed E-state index contributed by atoms with van der Waals surface area (Å²) in [5.41, 5.74) is 4.98. The third-order valence-corrected chi connectivity index (χ3v) is 6.38. The van der Waals surface area contributed by atoms with Crippen molar-refractivity contribution >= 4 is 41.2 Å². The topological polar surface area (TPSA) is 71.0 Å². The number of benzene rings is 3. The molecule has 8 heteroatoms. The van der Waals surface area contributed by atoms with E-state index >= 15 is 0 Å². The van der Waals surface area contributed by atoms with Crippen molar-refractivity contribution in [1.29, 1.82) is 0 Å². The van der Waals surface area contributed by atoms with Crippen molar-refractivity contribution in [3.63, 3.8) is 0 Å². The quantitative estimate of drug-likeness (QED) is 0.334. The van der Waals surface area contributed by atoms with E-state index in [1.807, 2.05) is 54.6 Å². The number of ether oxygens (including phenoxy) is 1. The van der Waals surface area contributed by atoms with Gasteiger partial charge in [-0.1, -0.05) is 53.5 Å². The lowest BCUT2D eigenvalue weighted by Crippen LogP contribution is -2.42. The maximum atomic E-state index is 12.7. The predicted octanol–water partition coefficient (Wildman–Crippen LogP) is 5.57. The Balaban J connectivity index is 1.22. The lowest BCUT2D eigenvalue weighted by Gasteiger charge is -2.31. The lowest BCUT2D eigenvalue weighted by atomic mass is 9.95. The molecule has 0 spiro atoms. The van der Waals surface area contributed by atoms with Crippen molar-refractivity contribution in [1.82, 2.24) is 10.3 Å². The maximum absolute atomic E-state index is 12.7. The molecule has 0 aliphatic carbocycles. The molecule has 0 atom stereocenters. The molecule has 3 aromatic rings. The summed E-state index contributed by atoms with van der Waals surface area (Å²) in [6, 6.07) is 22.3. The Kier molecular flexibility index (Phi) is 8.40. The van der Waals surface area contributed by atoms with Gasteiger partial charge in [0.15, 0.2) is 0 Å². The fourth-order valence-corrected chi connectivity index (χ4v) is 4.32. The normalized spacial score (nSPS) is 14.2. The van der Waals surface area contributed by atoms with Crippen molar-refractivity contribution in [3.05, 3.63) is 99.5 Å². The highest BCUT2D eigenvalue weighted by Crippen LogP contribution is 2.25. The number of hydrogen-bond acceptors (Lipinski definition) is 4. The molecule has 1 N–H and O–H groups in total. The van der Waals surface area contributed by atoms with E-state index in [9.17, 15) is 9.59 Å². The molecule has 1 aliphatic rings. The average Bonchev–Trinajstić information content (AvgIpc) is 2.88. The number of halogens is 2. The smallest absolute Gasteiger partial charge is 0.255 e. The molecule has 180 valence electrons. The van der Waals surface area contributed by atoms with Gasteiger partial charge in [-0.05, 0) is 66.4 Å². The van der Waals surface area contributed by atoms with Gasteiger partial charge in [0, 0.05) is 24.0 Å². The van der Waals surface area contributed by atoms with Crippen LogP contribution in [0, 0.1) is 5.92 Å². The number of carbonyl (C=O) groups is 2. The van der Waals surface area contributed by atoms with Crippen LogP contribution in [-0.4, -0.2) is 36.0 Å². The van der Waals surface area contributed by atoms with Crippen LogP contribution >= 0.6 is 23.2 Å². The van der Waals surface area contributed by atoms with Crippen LogP contribution in [0.3, 0.4) is 0 Å². The van der Waals surface area contributed by atoms with Crippen LogP contribution in [-0.2, 0) is 11.4 Å². The monoisotopic (exact) mass is 509 g/mol. The van der Waals surface area contributed by atoms with E-state index < -0.39 is 0 Å². The highest BCUT2D eigenvalue weighted by atomic mass is 35.5. The van der Waals surface area contributed by atoms with Gasteiger partial charge >= 0.3 is 0 Å². The van der Waals surface area contributed by atoms with Gasteiger partial charge in [-0.25, -0.2) is 5.43 Å². The van der Waals surface area contributed by atoms with Crippen molar-refractivity contribution in [3.8, 4) is 5.75 Å². The highest BCUT2D eigenvalue weighted by Gasteiger charge is 2.28. The van der Waals surface area contributed by atoms with Crippen LogP contribution in [0.15, 0.2) is 77.9 Å². The molecule has 0 saturated carbocycles. The first-order valence-corrected chi connectivity index (χ1v) is 12.1. The standard InChI is InChI=1S/C27H25Cl2N3O3/c28-22-8-11-24(25(29)16-22)27(34)32-14-12-21(13-15-32)26(33)31-30-17-19-6-9-23(10-7-19)35-18-20-4-2-1-3-5-20/h1-11,16-17,21H,12-15,18H2,(H,31,33)/b30-17-. The molecule has 0 unspecified atom stereocenters. The van der Waals surface area contributed by atoms with Crippen molar-refractivity contribution in [2.45, 2.75) is 19.4 Å². The van der Waals surface area contributed by atoms with Gasteiger partial charge in [0.05, 0.1) is 16.8 Å². The van der Waals surface area contributed by atoms with Crippen LogP contribution in [0.25, 0.3) is 0 Å². The second kappa shape index (κ2) is 11.9. The summed E-state index contributed by atoms with van der Waals surface area (Å²) in [6.07, 6.45) is 2.72. The summed E-state index contributed by atoms with van der Waals surface area (Å²) in [5, 5.41) is 4.89. The third kappa shape index (κ3) is 6.84. The molecule has 0 radical (unpaired) electrons. The molecule has 0 bridgehead atoms. The number of nitrogens with zero attached hydrogens (tertiary/aromatic N) is 2. The van der Waals surface area contributed by atoms with Gasteiger partial charge in [0.1, 0.15) is 12.4 Å². The first-order valence-electron chi connectivity index (χ1n) is 11.3. The first-order chi connectivity index (χ1) is 17.0. The van der Waals surface area contributed by atoms with Crippen LogP contribution < -0.4 is 10.2 Å². The van der Waals surface area contributed by atoms with Gasteiger partial charge in [0.25, 0.3) is 5.91 Å². The van der Waals surface area contributed by atoms with Gasteiger partial charge in [-0.3, -0.25) is 9.59 Å². The van der Waals surface area contributed by atoms with Gasteiger partial charge in [-0.2, -0.15) is 5.10 Å². The Morgan fingerprint density at radius 2 is 1.71 bits per heavy atom. The summed E-state index contributed by atoms with van der Waals surface area (Å²) in [7, 11) is 0. The number of likely N-dealkylation sites (tertiary alicyclic amines) is 1. The van der Waals surface area contributed by atoms with Crippen molar-refractivity contribution in [2.24, 2.45) is 11.0 Å². The maximum Gasteiger partial charge on any atom is 0.255 e. The van der Waals surface area contributed by atoms with Crippen LogP contribution in [0.5, 0.6) is 5.75 Å². The number of carbonyl (C=O) groups excluding carboxylic acids is 2. The number of amides is 2. The van der Waals surface area contributed by atoms with E-state index in [1.165, 1.54) is 0 Å². The van der Waals surface area contributed by atoms with Gasteiger partial charge in [0.2, 0.25) is 5.91 Å². The number of rotatable bonds is 7. The Hall–Kier alpha value is -3.35. The molecule has 1 heterocycles. The summed E-state index contributed by atoms with van der Waals surface area (Å²) in [5.74, 6) is 0.252. The molecule has 0 aromatic heterocycles. The fourth-order valence-electron chi connectivity index (χ4n) is 3.83. The van der Waals surface area contributed by atoms with E-state index in [0.717, 1.165) is 16.9 Å². The zero-order chi connectivity index (χ0) is 24.6. The molecule has 1 aliphatic heterocycles. The van der Waals surface area contributed by atoms with E-state index in [1.54, 1.807) is 29.3 Å². The summed E-state index contributed by atoms with van der Waals surface area (Å²) >= 11 is 12.1. The zero-order valence-electron chi connectivity index (χ0n) is 19.0. The molecule has 3 aromatic carbocycles. The SMILES string of the molecule is O=C(N/N=C\c1ccc(OCc2ccccc2)cc1)C1CCN(C(=O)c2ccc(Cl)cc2Cl)CC1. The predicted molar refractivity (Wildman–Crippen MR) is 138 cm³/mol. The van der Waals surface area contributed by atoms with Gasteiger partial charge in [-0.15, -0.1) is 0 Å². The minimum Gasteiger partial charge on any atom is -0.489 e. The highest BCUT2D eigenvalue weighted by molar-refractivity contribution is 6.36. The summed E-state index contributed by atoms with van der Waals surface area (Å²) in [4.78, 5) is 27.0. The summed E-state index contributed by atoms with van der Waals surface area (Å²) < 4.78 is 5.78. The zero-order valence-corrected chi connectivity index (χ0v) is 20.5. The molecule has 1 fully saturated rings. The van der Waals surface area contributed by atoms with Crippen LogP contribution in [0.1, 0.15) is 34.3 Å². The van der Waals surface area contributed by atoms with E-state index in [4.69, 9.17) is 27.9 Å². The minimum absolute atomic E-state index is 0.152. The second-order valence-electron chi connectivity index (χ2n) is 8.27. The molecular formula is C27H25Cl2N3O3. The van der Waals surface area contributed by atoms with Crippen LogP contribution in [0.2, 0.25) is 10.0 Å². The second-order valence-corrected chi connectivity index (χ2v) is 9.11.